The Hall–Kier alpha value is -2.44. The molecule has 19 heavy (non-hydrogen) atoms. The van der Waals surface area contributed by atoms with Crippen molar-refractivity contribution in [3.05, 3.63) is 39.9 Å². The number of amides is 3. The highest BCUT2D eigenvalue weighted by molar-refractivity contribution is 6.04. The minimum Gasteiger partial charge on any atom is -0.326 e. The van der Waals surface area contributed by atoms with Gasteiger partial charge in [0.05, 0.1) is 11.5 Å². The summed E-state index contributed by atoms with van der Waals surface area (Å²) in [4.78, 5) is 34.9. The molecular formula is C12H13N3O4. The molecule has 1 aliphatic rings. The molecule has 1 heterocycles. The fourth-order valence-corrected chi connectivity index (χ4v) is 2.00. The van der Waals surface area contributed by atoms with Gasteiger partial charge in [0.15, 0.2) is 0 Å². The fraction of sp³-hybridized carbons (Fsp3) is 0.333. The van der Waals surface area contributed by atoms with Crippen molar-refractivity contribution in [3.8, 4) is 0 Å². The van der Waals surface area contributed by atoms with E-state index in [4.69, 9.17) is 0 Å². The molecule has 2 rings (SSSR count). The molecule has 0 radical (unpaired) electrons. The summed E-state index contributed by atoms with van der Waals surface area (Å²) in [6.07, 6.45) is 0.498. The van der Waals surface area contributed by atoms with Crippen LogP contribution >= 0.6 is 0 Å². The maximum absolute atomic E-state index is 11.9. The molecule has 1 atom stereocenters. The average molecular weight is 263 g/mol. The zero-order valence-electron chi connectivity index (χ0n) is 10.3. The number of urea groups is 1. The van der Waals surface area contributed by atoms with Crippen LogP contribution in [-0.2, 0) is 11.3 Å². The van der Waals surface area contributed by atoms with Crippen molar-refractivity contribution >= 4 is 17.6 Å². The molecule has 3 amide bonds. The predicted molar refractivity (Wildman–Crippen MR) is 66.3 cm³/mol. The maximum atomic E-state index is 11.9. The van der Waals surface area contributed by atoms with Crippen molar-refractivity contribution in [2.75, 3.05) is 0 Å². The van der Waals surface area contributed by atoms with E-state index < -0.39 is 17.0 Å². The van der Waals surface area contributed by atoms with E-state index >= 15 is 0 Å². The predicted octanol–water partition coefficient (Wildman–Crippen LogP) is 1.43. The zero-order valence-corrected chi connectivity index (χ0v) is 10.3. The molecule has 7 nitrogen and oxygen atoms in total. The van der Waals surface area contributed by atoms with Gasteiger partial charge in [0.1, 0.15) is 6.04 Å². The number of hydrogen-bond acceptors (Lipinski definition) is 4. The van der Waals surface area contributed by atoms with Gasteiger partial charge >= 0.3 is 6.03 Å². The summed E-state index contributed by atoms with van der Waals surface area (Å²) in [6, 6.07) is 5.04. The van der Waals surface area contributed by atoms with Crippen LogP contribution in [-0.4, -0.2) is 27.8 Å². The molecule has 7 heteroatoms. The van der Waals surface area contributed by atoms with Gasteiger partial charge in [-0.1, -0.05) is 25.1 Å². The highest BCUT2D eigenvalue weighted by Gasteiger charge is 2.37. The Balaban J connectivity index is 2.25. The third-order valence-electron chi connectivity index (χ3n) is 3.03. The van der Waals surface area contributed by atoms with Gasteiger partial charge in [0.25, 0.3) is 11.6 Å². The molecule has 1 aromatic rings. The van der Waals surface area contributed by atoms with Crippen LogP contribution < -0.4 is 5.32 Å². The van der Waals surface area contributed by atoms with Gasteiger partial charge < -0.3 is 5.32 Å². The molecule has 100 valence electrons. The third-order valence-corrected chi connectivity index (χ3v) is 3.03. The van der Waals surface area contributed by atoms with E-state index in [-0.39, 0.29) is 18.1 Å². The number of imide groups is 1. The molecule has 0 bridgehead atoms. The van der Waals surface area contributed by atoms with Crippen molar-refractivity contribution in [2.45, 2.75) is 25.9 Å². The number of nitrogens with zero attached hydrogens (tertiary/aromatic N) is 2. The molecule has 0 spiro atoms. The SMILES string of the molecule is CC[C@@H]1NC(=O)N(Cc2ccccc2[N+](=O)[O-])C1=O. The van der Waals surface area contributed by atoms with E-state index in [1.807, 2.05) is 0 Å². The zero-order chi connectivity index (χ0) is 14.0. The maximum Gasteiger partial charge on any atom is 0.325 e. The second kappa shape index (κ2) is 5.05. The molecule has 0 unspecified atom stereocenters. The van der Waals surface area contributed by atoms with Gasteiger partial charge in [-0.2, -0.15) is 0 Å². The first-order valence-electron chi connectivity index (χ1n) is 5.88. The van der Waals surface area contributed by atoms with E-state index in [0.29, 0.717) is 12.0 Å². The largest absolute Gasteiger partial charge is 0.326 e. The second-order valence-corrected chi connectivity index (χ2v) is 4.22. The fourth-order valence-electron chi connectivity index (χ4n) is 2.00. The summed E-state index contributed by atoms with van der Waals surface area (Å²) >= 11 is 0. The number of benzene rings is 1. The smallest absolute Gasteiger partial charge is 0.325 e. The lowest BCUT2D eigenvalue weighted by Crippen LogP contribution is -2.31. The van der Waals surface area contributed by atoms with Gasteiger partial charge in [0.2, 0.25) is 0 Å². The number of hydrogen-bond donors (Lipinski definition) is 1. The Morgan fingerprint density at radius 3 is 2.63 bits per heavy atom. The highest BCUT2D eigenvalue weighted by atomic mass is 16.6. The van der Waals surface area contributed by atoms with E-state index in [2.05, 4.69) is 5.32 Å². The van der Waals surface area contributed by atoms with Gasteiger partial charge in [-0.05, 0) is 6.42 Å². The van der Waals surface area contributed by atoms with Crippen molar-refractivity contribution in [2.24, 2.45) is 0 Å². The molecule has 0 aliphatic carbocycles. The van der Waals surface area contributed by atoms with E-state index in [9.17, 15) is 19.7 Å². The Labute approximate surface area is 109 Å². The lowest BCUT2D eigenvalue weighted by Gasteiger charge is -2.12. The van der Waals surface area contributed by atoms with E-state index in [1.165, 1.54) is 12.1 Å². The number of rotatable bonds is 4. The van der Waals surface area contributed by atoms with Crippen molar-refractivity contribution in [1.82, 2.24) is 10.2 Å². The normalized spacial score (nSPS) is 18.6. The summed E-state index contributed by atoms with van der Waals surface area (Å²) in [5.74, 6) is -0.342. The Morgan fingerprint density at radius 1 is 1.37 bits per heavy atom. The van der Waals surface area contributed by atoms with Gasteiger partial charge in [-0.15, -0.1) is 0 Å². The molecule has 1 aliphatic heterocycles. The summed E-state index contributed by atoms with van der Waals surface area (Å²) in [7, 11) is 0. The quantitative estimate of drug-likeness (QED) is 0.505. The van der Waals surface area contributed by atoms with Crippen LogP contribution in [0.5, 0.6) is 0 Å². The van der Waals surface area contributed by atoms with Crippen molar-refractivity contribution < 1.29 is 14.5 Å². The van der Waals surface area contributed by atoms with Crippen LogP contribution in [0.15, 0.2) is 24.3 Å². The molecule has 0 aromatic heterocycles. The first-order chi connectivity index (χ1) is 9.04. The number of nitro groups is 1. The van der Waals surface area contributed by atoms with Crippen LogP contribution in [0.4, 0.5) is 10.5 Å². The summed E-state index contributed by atoms with van der Waals surface area (Å²) in [5, 5.41) is 13.4. The number of para-hydroxylation sites is 1. The van der Waals surface area contributed by atoms with E-state index in [1.54, 1.807) is 19.1 Å². The first kappa shape index (κ1) is 13.0. The standard InChI is InChI=1S/C12H13N3O4/c1-2-9-11(16)14(12(17)13-9)7-8-5-3-4-6-10(8)15(18)19/h3-6,9H,2,7H2,1H3,(H,13,17)/t9-/m0/s1. The lowest BCUT2D eigenvalue weighted by atomic mass is 10.1. The van der Waals surface area contributed by atoms with Crippen LogP contribution in [0, 0.1) is 10.1 Å². The van der Waals surface area contributed by atoms with E-state index in [0.717, 1.165) is 4.90 Å². The van der Waals surface area contributed by atoms with Crippen LogP contribution in [0.25, 0.3) is 0 Å². The lowest BCUT2D eigenvalue weighted by molar-refractivity contribution is -0.385. The van der Waals surface area contributed by atoms with Gasteiger partial charge in [-0.3, -0.25) is 19.8 Å². The Morgan fingerprint density at radius 2 is 2.05 bits per heavy atom. The minimum absolute atomic E-state index is 0.0850. The van der Waals surface area contributed by atoms with Gasteiger partial charge in [0, 0.05) is 11.6 Å². The Bertz CT molecular complexity index is 544. The third kappa shape index (κ3) is 2.40. The molecule has 1 saturated heterocycles. The number of carbonyl (C=O) groups excluding carboxylic acids is 2. The summed E-state index contributed by atoms with van der Waals surface area (Å²) in [6.45, 7) is 1.70. The number of nitro benzene ring substituents is 1. The molecular weight excluding hydrogens is 250 g/mol. The average Bonchev–Trinajstić information content (AvgIpc) is 2.66. The molecule has 1 N–H and O–H groups in total. The highest BCUT2D eigenvalue weighted by Crippen LogP contribution is 2.21. The second-order valence-electron chi connectivity index (χ2n) is 4.22. The molecule has 1 fully saturated rings. The molecule has 1 aromatic carbocycles. The van der Waals surface area contributed by atoms with Crippen LogP contribution in [0.3, 0.4) is 0 Å². The van der Waals surface area contributed by atoms with Crippen LogP contribution in [0.1, 0.15) is 18.9 Å². The van der Waals surface area contributed by atoms with Crippen molar-refractivity contribution in [3.63, 3.8) is 0 Å². The van der Waals surface area contributed by atoms with Gasteiger partial charge in [-0.25, -0.2) is 4.79 Å². The summed E-state index contributed by atoms with van der Waals surface area (Å²) in [5.41, 5.74) is 0.246. The number of carbonyl (C=O) groups is 2. The topological polar surface area (TPSA) is 92.6 Å². The molecule has 0 saturated carbocycles. The monoisotopic (exact) mass is 263 g/mol. The van der Waals surface area contributed by atoms with Crippen LogP contribution in [0.2, 0.25) is 0 Å². The minimum atomic E-state index is -0.532. The first-order valence-corrected chi connectivity index (χ1v) is 5.88. The Kier molecular flexibility index (Phi) is 3.46. The van der Waals surface area contributed by atoms with Crippen molar-refractivity contribution in [1.29, 1.82) is 0 Å². The summed E-state index contributed by atoms with van der Waals surface area (Å²) < 4.78 is 0. The number of nitrogens with one attached hydrogen (secondary N) is 1.